The largest absolute Gasteiger partial charge is 0.368 e. The number of piperazine rings is 1. The van der Waals surface area contributed by atoms with Gasteiger partial charge < -0.3 is 14.7 Å². The molecule has 0 unspecified atom stereocenters. The monoisotopic (exact) mass is 369 g/mol. The van der Waals surface area contributed by atoms with Gasteiger partial charge in [0.15, 0.2) is 0 Å². The molecule has 1 saturated heterocycles. The number of benzene rings is 2. The lowest BCUT2D eigenvalue weighted by Crippen LogP contribution is -2.46. The zero-order valence-corrected chi connectivity index (χ0v) is 16.2. The number of para-hydroxylation sites is 1. The van der Waals surface area contributed by atoms with Gasteiger partial charge in [-0.05, 0) is 43.7 Å². The highest BCUT2D eigenvalue weighted by molar-refractivity contribution is 5.93. The fraction of sp³-hybridized carbons (Fsp3) is 0.409. The van der Waals surface area contributed by atoms with E-state index in [2.05, 4.69) is 21.9 Å². The molecular formula is C22H28FN3O. The maximum atomic E-state index is 14.8. The molecule has 4 nitrogen and oxygen atoms in total. The van der Waals surface area contributed by atoms with E-state index in [1.165, 1.54) is 11.8 Å². The Balaban J connectivity index is 1.69. The molecule has 0 spiro atoms. The molecule has 2 aromatic rings. The second-order valence-electron chi connectivity index (χ2n) is 6.83. The third-order valence-electron chi connectivity index (χ3n) is 5.07. The highest BCUT2D eigenvalue weighted by Gasteiger charge is 2.21. The van der Waals surface area contributed by atoms with Crippen LogP contribution in [0.3, 0.4) is 0 Å². The van der Waals surface area contributed by atoms with Gasteiger partial charge in [0, 0.05) is 50.5 Å². The van der Waals surface area contributed by atoms with Gasteiger partial charge in [0.25, 0.3) is 0 Å². The number of amides is 1. The van der Waals surface area contributed by atoms with Gasteiger partial charge in [-0.3, -0.25) is 4.79 Å². The fourth-order valence-electron chi connectivity index (χ4n) is 3.62. The Morgan fingerprint density at radius 2 is 1.67 bits per heavy atom. The molecule has 0 atom stereocenters. The molecule has 144 valence electrons. The molecule has 0 N–H and O–H groups in total. The van der Waals surface area contributed by atoms with Crippen LogP contribution in [0, 0.1) is 5.82 Å². The van der Waals surface area contributed by atoms with E-state index in [0.717, 1.165) is 32.6 Å². The lowest BCUT2D eigenvalue weighted by molar-refractivity contribution is -0.118. The predicted molar refractivity (Wildman–Crippen MR) is 110 cm³/mol. The van der Waals surface area contributed by atoms with Crippen molar-refractivity contribution in [1.82, 2.24) is 0 Å². The lowest BCUT2D eigenvalue weighted by atomic mass is 10.2. The van der Waals surface area contributed by atoms with Crippen molar-refractivity contribution in [2.24, 2.45) is 0 Å². The molecule has 1 aliphatic rings. The van der Waals surface area contributed by atoms with Gasteiger partial charge in [-0.15, -0.1) is 0 Å². The molecule has 27 heavy (non-hydrogen) atoms. The number of nitrogens with zero attached hydrogens (tertiary/aromatic N) is 3. The molecule has 2 aromatic carbocycles. The minimum atomic E-state index is -0.261. The number of carbonyl (C=O) groups excluding carboxylic acids is 1. The Morgan fingerprint density at radius 3 is 2.26 bits per heavy atom. The smallest absolute Gasteiger partial charge is 0.226 e. The van der Waals surface area contributed by atoms with Crippen molar-refractivity contribution < 1.29 is 9.18 Å². The fourth-order valence-corrected chi connectivity index (χ4v) is 3.62. The molecular weight excluding hydrogens is 341 g/mol. The Kier molecular flexibility index (Phi) is 6.32. The average Bonchev–Trinajstić information content (AvgIpc) is 2.70. The van der Waals surface area contributed by atoms with Crippen LogP contribution in [0.25, 0.3) is 0 Å². The number of halogens is 1. The summed E-state index contributed by atoms with van der Waals surface area (Å²) in [7, 11) is 0. The minimum Gasteiger partial charge on any atom is -0.368 e. The first kappa shape index (κ1) is 19.2. The molecule has 3 rings (SSSR count). The summed E-state index contributed by atoms with van der Waals surface area (Å²) in [5.41, 5.74) is 2.46. The SMILES string of the molecule is CCCC(=O)N(CC)c1ccc(N2CCN(c3ccccc3)CC2)c(F)c1. The van der Waals surface area contributed by atoms with Crippen LogP contribution in [0.15, 0.2) is 48.5 Å². The zero-order chi connectivity index (χ0) is 19.2. The van der Waals surface area contributed by atoms with E-state index in [1.807, 2.05) is 44.2 Å². The van der Waals surface area contributed by atoms with Crippen LogP contribution in [-0.4, -0.2) is 38.6 Å². The predicted octanol–water partition coefficient (Wildman–Crippen LogP) is 4.31. The summed E-state index contributed by atoms with van der Waals surface area (Å²) in [6, 6.07) is 15.5. The van der Waals surface area contributed by atoms with Crippen molar-refractivity contribution in [2.75, 3.05) is 47.4 Å². The molecule has 1 fully saturated rings. The van der Waals surface area contributed by atoms with E-state index in [0.29, 0.717) is 24.3 Å². The quantitative estimate of drug-likeness (QED) is 0.759. The third-order valence-corrected chi connectivity index (χ3v) is 5.07. The van der Waals surface area contributed by atoms with Gasteiger partial charge >= 0.3 is 0 Å². The molecule has 1 heterocycles. The highest BCUT2D eigenvalue weighted by atomic mass is 19.1. The van der Waals surface area contributed by atoms with Gasteiger partial charge in [0.2, 0.25) is 5.91 Å². The number of hydrogen-bond acceptors (Lipinski definition) is 3. The van der Waals surface area contributed by atoms with Crippen LogP contribution in [0.4, 0.5) is 21.5 Å². The molecule has 1 aliphatic heterocycles. The van der Waals surface area contributed by atoms with E-state index < -0.39 is 0 Å². The van der Waals surface area contributed by atoms with E-state index in [-0.39, 0.29) is 11.7 Å². The Labute approximate surface area is 161 Å². The van der Waals surface area contributed by atoms with Crippen LogP contribution < -0.4 is 14.7 Å². The maximum absolute atomic E-state index is 14.8. The molecule has 0 saturated carbocycles. The zero-order valence-electron chi connectivity index (χ0n) is 16.2. The van der Waals surface area contributed by atoms with Crippen molar-refractivity contribution >= 4 is 23.0 Å². The average molecular weight is 369 g/mol. The molecule has 5 heteroatoms. The van der Waals surface area contributed by atoms with Gasteiger partial charge in [-0.25, -0.2) is 4.39 Å². The van der Waals surface area contributed by atoms with Crippen LogP contribution >= 0.6 is 0 Å². The van der Waals surface area contributed by atoms with E-state index in [9.17, 15) is 9.18 Å². The van der Waals surface area contributed by atoms with Crippen LogP contribution in [0.5, 0.6) is 0 Å². The summed E-state index contributed by atoms with van der Waals surface area (Å²) in [6.07, 6.45) is 1.28. The normalized spacial score (nSPS) is 14.3. The Hall–Kier alpha value is -2.56. The van der Waals surface area contributed by atoms with Gasteiger partial charge in [0.1, 0.15) is 5.82 Å². The first-order valence-electron chi connectivity index (χ1n) is 9.79. The van der Waals surface area contributed by atoms with Crippen molar-refractivity contribution in [3.63, 3.8) is 0 Å². The molecule has 0 aliphatic carbocycles. The van der Waals surface area contributed by atoms with Gasteiger partial charge in [-0.1, -0.05) is 25.1 Å². The summed E-state index contributed by atoms with van der Waals surface area (Å²) in [6.45, 7) is 7.72. The first-order valence-corrected chi connectivity index (χ1v) is 9.79. The second kappa shape index (κ2) is 8.89. The Morgan fingerprint density at radius 1 is 1.00 bits per heavy atom. The second-order valence-corrected chi connectivity index (χ2v) is 6.83. The lowest BCUT2D eigenvalue weighted by Gasteiger charge is -2.37. The van der Waals surface area contributed by atoms with E-state index in [1.54, 1.807) is 4.90 Å². The highest BCUT2D eigenvalue weighted by Crippen LogP contribution is 2.27. The van der Waals surface area contributed by atoms with Crippen molar-refractivity contribution in [3.05, 3.63) is 54.3 Å². The maximum Gasteiger partial charge on any atom is 0.226 e. The number of carbonyl (C=O) groups is 1. The van der Waals surface area contributed by atoms with Crippen LogP contribution in [0.2, 0.25) is 0 Å². The summed E-state index contributed by atoms with van der Waals surface area (Å²) in [5.74, 6) is -0.216. The summed E-state index contributed by atoms with van der Waals surface area (Å²) < 4.78 is 14.8. The first-order chi connectivity index (χ1) is 13.1. The van der Waals surface area contributed by atoms with Gasteiger partial charge in [-0.2, -0.15) is 0 Å². The van der Waals surface area contributed by atoms with Crippen LogP contribution in [-0.2, 0) is 4.79 Å². The summed E-state index contributed by atoms with van der Waals surface area (Å²) in [5, 5.41) is 0. The number of rotatable bonds is 6. The van der Waals surface area contributed by atoms with Gasteiger partial charge in [0.05, 0.1) is 5.69 Å². The van der Waals surface area contributed by atoms with Crippen molar-refractivity contribution in [2.45, 2.75) is 26.7 Å². The molecule has 0 bridgehead atoms. The third kappa shape index (κ3) is 4.41. The topological polar surface area (TPSA) is 26.8 Å². The molecule has 1 amide bonds. The Bertz CT molecular complexity index is 757. The van der Waals surface area contributed by atoms with E-state index in [4.69, 9.17) is 0 Å². The summed E-state index contributed by atoms with van der Waals surface area (Å²) >= 11 is 0. The van der Waals surface area contributed by atoms with E-state index >= 15 is 0 Å². The summed E-state index contributed by atoms with van der Waals surface area (Å²) in [4.78, 5) is 18.3. The van der Waals surface area contributed by atoms with Crippen molar-refractivity contribution in [1.29, 1.82) is 0 Å². The van der Waals surface area contributed by atoms with Crippen LogP contribution in [0.1, 0.15) is 26.7 Å². The minimum absolute atomic E-state index is 0.0450. The molecule has 0 radical (unpaired) electrons. The van der Waals surface area contributed by atoms with Crippen molar-refractivity contribution in [3.8, 4) is 0 Å². The standard InChI is InChI=1S/C22H28FN3O/c1-3-8-22(27)26(4-2)19-11-12-21(20(23)17-19)25-15-13-24(14-16-25)18-9-6-5-7-10-18/h5-7,9-12,17H,3-4,8,13-16H2,1-2H3. The number of anilines is 3. The molecule has 0 aromatic heterocycles. The number of hydrogen-bond donors (Lipinski definition) is 0.